The van der Waals surface area contributed by atoms with E-state index >= 15 is 0 Å². The van der Waals surface area contributed by atoms with Gasteiger partial charge in [-0.05, 0) is 36.6 Å². The van der Waals surface area contributed by atoms with Gasteiger partial charge in [-0.3, -0.25) is 0 Å². The predicted molar refractivity (Wildman–Crippen MR) is 78.6 cm³/mol. The van der Waals surface area contributed by atoms with Crippen molar-refractivity contribution >= 4 is 11.5 Å². The molecule has 0 amide bonds. The summed E-state index contributed by atoms with van der Waals surface area (Å²) in [7, 11) is 1.67. The number of aromatic nitrogens is 1. The maximum absolute atomic E-state index is 5.84. The monoisotopic (exact) mass is 257 g/mol. The van der Waals surface area contributed by atoms with E-state index in [9.17, 15) is 0 Å². The van der Waals surface area contributed by atoms with Crippen molar-refractivity contribution in [1.82, 2.24) is 4.98 Å². The Labute approximate surface area is 113 Å². The van der Waals surface area contributed by atoms with Gasteiger partial charge in [0.2, 0.25) is 0 Å². The van der Waals surface area contributed by atoms with Crippen molar-refractivity contribution in [3.05, 3.63) is 47.7 Å². The van der Waals surface area contributed by atoms with Gasteiger partial charge >= 0.3 is 0 Å². The van der Waals surface area contributed by atoms with E-state index in [1.807, 2.05) is 25.1 Å². The highest BCUT2D eigenvalue weighted by molar-refractivity contribution is 5.53. The second kappa shape index (κ2) is 6.09. The summed E-state index contributed by atoms with van der Waals surface area (Å²) in [6, 6.07) is 9.94. The Hall–Kier alpha value is -2.23. The first-order valence-electron chi connectivity index (χ1n) is 6.28. The normalized spacial score (nSPS) is 10.2. The molecule has 0 saturated carbocycles. The van der Waals surface area contributed by atoms with Crippen LogP contribution in [0.2, 0.25) is 0 Å². The van der Waals surface area contributed by atoms with Gasteiger partial charge in [-0.15, -0.1) is 0 Å². The number of anilines is 2. The van der Waals surface area contributed by atoms with Gasteiger partial charge in [-0.1, -0.05) is 12.1 Å². The first-order chi connectivity index (χ1) is 9.19. The largest absolute Gasteiger partial charge is 0.497 e. The van der Waals surface area contributed by atoms with Crippen LogP contribution in [0.25, 0.3) is 0 Å². The van der Waals surface area contributed by atoms with Gasteiger partial charge in [0.15, 0.2) is 0 Å². The SMILES string of the molecule is COc1ccc(CCNc2cc(N)c(C)cn2)cc1. The van der Waals surface area contributed by atoms with Gasteiger partial charge < -0.3 is 15.8 Å². The van der Waals surface area contributed by atoms with Crippen LogP contribution in [0.15, 0.2) is 36.5 Å². The summed E-state index contributed by atoms with van der Waals surface area (Å²) in [6.07, 6.45) is 2.71. The molecule has 3 N–H and O–H groups in total. The molecular weight excluding hydrogens is 238 g/mol. The molecule has 1 heterocycles. The number of ether oxygens (including phenoxy) is 1. The number of methoxy groups -OCH3 is 1. The van der Waals surface area contributed by atoms with E-state index in [0.29, 0.717) is 0 Å². The molecule has 1 aromatic heterocycles. The van der Waals surface area contributed by atoms with Crippen LogP contribution in [0.4, 0.5) is 11.5 Å². The number of pyridine rings is 1. The van der Waals surface area contributed by atoms with E-state index in [0.717, 1.165) is 35.8 Å². The summed E-state index contributed by atoms with van der Waals surface area (Å²) in [4.78, 5) is 4.29. The highest BCUT2D eigenvalue weighted by atomic mass is 16.5. The van der Waals surface area contributed by atoms with Gasteiger partial charge in [0.05, 0.1) is 7.11 Å². The van der Waals surface area contributed by atoms with E-state index in [1.54, 1.807) is 13.3 Å². The quantitative estimate of drug-likeness (QED) is 0.864. The van der Waals surface area contributed by atoms with E-state index in [-0.39, 0.29) is 0 Å². The molecule has 19 heavy (non-hydrogen) atoms. The zero-order valence-electron chi connectivity index (χ0n) is 11.3. The van der Waals surface area contributed by atoms with Crippen LogP contribution >= 0.6 is 0 Å². The molecule has 100 valence electrons. The molecule has 0 aliphatic rings. The lowest BCUT2D eigenvalue weighted by Gasteiger charge is -2.08. The van der Waals surface area contributed by atoms with Crippen LogP contribution in [0, 0.1) is 6.92 Å². The van der Waals surface area contributed by atoms with Crippen molar-refractivity contribution in [2.75, 3.05) is 24.7 Å². The Balaban J connectivity index is 1.86. The molecule has 4 heteroatoms. The number of benzene rings is 1. The summed E-state index contributed by atoms with van der Waals surface area (Å²) >= 11 is 0. The molecule has 1 aromatic carbocycles. The predicted octanol–water partition coefficient (Wildman–Crippen LogP) is 2.64. The second-order valence-corrected chi connectivity index (χ2v) is 4.45. The highest BCUT2D eigenvalue weighted by Gasteiger charge is 1.99. The fraction of sp³-hybridized carbons (Fsp3) is 0.267. The number of aryl methyl sites for hydroxylation is 1. The first-order valence-corrected chi connectivity index (χ1v) is 6.28. The number of nitrogens with one attached hydrogen (secondary N) is 1. The zero-order valence-corrected chi connectivity index (χ0v) is 11.3. The molecule has 4 nitrogen and oxygen atoms in total. The van der Waals surface area contributed by atoms with Gasteiger partial charge in [0.25, 0.3) is 0 Å². The fourth-order valence-corrected chi connectivity index (χ4v) is 1.76. The standard InChI is InChI=1S/C15H19N3O/c1-11-10-18-15(9-14(11)16)17-8-7-12-3-5-13(19-2)6-4-12/h3-6,9-10H,7-8H2,1-2H3,(H3,16,17,18). The Morgan fingerprint density at radius 3 is 2.63 bits per heavy atom. The lowest BCUT2D eigenvalue weighted by atomic mass is 10.1. The molecule has 0 saturated heterocycles. The van der Waals surface area contributed by atoms with Gasteiger partial charge in [0.1, 0.15) is 11.6 Å². The van der Waals surface area contributed by atoms with E-state index < -0.39 is 0 Å². The lowest BCUT2D eigenvalue weighted by Crippen LogP contribution is -2.07. The van der Waals surface area contributed by atoms with Crippen molar-refractivity contribution in [3.63, 3.8) is 0 Å². The summed E-state index contributed by atoms with van der Waals surface area (Å²) < 4.78 is 5.13. The first kappa shape index (κ1) is 13.2. The number of rotatable bonds is 5. The lowest BCUT2D eigenvalue weighted by molar-refractivity contribution is 0.414. The van der Waals surface area contributed by atoms with Crippen LogP contribution in [-0.4, -0.2) is 18.6 Å². The van der Waals surface area contributed by atoms with Crippen LogP contribution < -0.4 is 15.8 Å². The minimum atomic E-state index is 0.766. The van der Waals surface area contributed by atoms with E-state index in [4.69, 9.17) is 10.5 Å². The summed E-state index contributed by atoms with van der Waals surface area (Å²) in [5.74, 6) is 1.70. The molecule has 2 aromatic rings. The molecule has 2 rings (SSSR count). The summed E-state index contributed by atoms with van der Waals surface area (Å²) in [5, 5.41) is 3.27. The fourth-order valence-electron chi connectivity index (χ4n) is 1.76. The van der Waals surface area contributed by atoms with Gasteiger partial charge in [-0.25, -0.2) is 4.98 Å². The second-order valence-electron chi connectivity index (χ2n) is 4.45. The topological polar surface area (TPSA) is 60.2 Å². The number of nitrogens with zero attached hydrogens (tertiary/aromatic N) is 1. The summed E-state index contributed by atoms with van der Waals surface area (Å²) in [6.45, 7) is 2.77. The Kier molecular flexibility index (Phi) is 4.23. The maximum atomic E-state index is 5.84. The number of hydrogen-bond donors (Lipinski definition) is 2. The Morgan fingerprint density at radius 1 is 1.26 bits per heavy atom. The minimum absolute atomic E-state index is 0.766. The molecule has 0 aliphatic heterocycles. The maximum Gasteiger partial charge on any atom is 0.127 e. The smallest absolute Gasteiger partial charge is 0.127 e. The molecule has 0 atom stereocenters. The third-order valence-electron chi connectivity index (χ3n) is 3.02. The number of hydrogen-bond acceptors (Lipinski definition) is 4. The van der Waals surface area contributed by atoms with Crippen LogP contribution in [0.5, 0.6) is 5.75 Å². The highest BCUT2D eigenvalue weighted by Crippen LogP contribution is 2.14. The Morgan fingerprint density at radius 2 is 2.00 bits per heavy atom. The Bertz CT molecular complexity index is 538. The van der Waals surface area contributed by atoms with Gasteiger partial charge in [-0.2, -0.15) is 0 Å². The van der Waals surface area contributed by atoms with Crippen molar-refractivity contribution in [2.45, 2.75) is 13.3 Å². The number of nitrogens with two attached hydrogens (primary N) is 1. The molecule has 0 unspecified atom stereocenters. The third kappa shape index (κ3) is 3.61. The van der Waals surface area contributed by atoms with Crippen LogP contribution in [0.1, 0.15) is 11.1 Å². The number of nitrogen functional groups attached to an aromatic ring is 1. The molecule has 0 spiro atoms. The van der Waals surface area contributed by atoms with E-state index in [1.165, 1.54) is 5.56 Å². The molecule has 0 fully saturated rings. The molecule has 0 bridgehead atoms. The molecule has 0 radical (unpaired) electrons. The van der Waals surface area contributed by atoms with E-state index in [2.05, 4.69) is 22.4 Å². The van der Waals surface area contributed by atoms with Gasteiger partial charge in [0, 0.05) is 24.5 Å². The molecular formula is C15H19N3O. The van der Waals surface area contributed by atoms with Crippen molar-refractivity contribution in [2.24, 2.45) is 0 Å². The molecule has 0 aliphatic carbocycles. The average Bonchev–Trinajstić information content (AvgIpc) is 2.43. The van der Waals surface area contributed by atoms with Crippen LogP contribution in [-0.2, 0) is 6.42 Å². The third-order valence-corrected chi connectivity index (χ3v) is 3.02. The van der Waals surface area contributed by atoms with Crippen LogP contribution in [0.3, 0.4) is 0 Å². The van der Waals surface area contributed by atoms with Crippen molar-refractivity contribution in [1.29, 1.82) is 0 Å². The zero-order chi connectivity index (χ0) is 13.7. The average molecular weight is 257 g/mol. The van der Waals surface area contributed by atoms with Crippen molar-refractivity contribution < 1.29 is 4.74 Å². The minimum Gasteiger partial charge on any atom is -0.497 e. The summed E-state index contributed by atoms with van der Waals surface area (Å²) in [5.41, 5.74) is 8.87. The van der Waals surface area contributed by atoms with Crippen molar-refractivity contribution in [3.8, 4) is 5.75 Å².